The Morgan fingerprint density at radius 1 is 1.04 bits per heavy atom. The van der Waals surface area contributed by atoms with Crippen LogP contribution in [-0.2, 0) is 20.7 Å². The molecule has 0 aliphatic heterocycles. The van der Waals surface area contributed by atoms with Gasteiger partial charge in [0.25, 0.3) is 0 Å². The number of halogens is 2. The first-order chi connectivity index (χ1) is 12.3. The van der Waals surface area contributed by atoms with Crippen LogP contribution in [0.1, 0.15) is 19.4 Å². The van der Waals surface area contributed by atoms with Crippen molar-refractivity contribution in [2.75, 3.05) is 18.1 Å². The highest BCUT2D eigenvalue weighted by molar-refractivity contribution is 5.98. The third kappa shape index (κ3) is 5.95. The molecule has 0 aliphatic rings. The van der Waals surface area contributed by atoms with E-state index in [9.17, 15) is 18.4 Å². The summed E-state index contributed by atoms with van der Waals surface area (Å²) >= 11 is 0. The lowest BCUT2D eigenvalue weighted by Crippen LogP contribution is -2.37. The van der Waals surface area contributed by atoms with Crippen molar-refractivity contribution in [3.8, 4) is 0 Å². The molecule has 2 aromatic carbocycles. The van der Waals surface area contributed by atoms with Crippen LogP contribution in [0, 0.1) is 17.6 Å². The molecule has 0 saturated heterocycles. The van der Waals surface area contributed by atoms with Gasteiger partial charge in [0.05, 0.1) is 13.0 Å². The van der Waals surface area contributed by atoms with E-state index in [4.69, 9.17) is 4.74 Å². The van der Waals surface area contributed by atoms with Crippen LogP contribution in [0.15, 0.2) is 48.5 Å². The number of para-hydroxylation sites is 1. The number of rotatable bonds is 7. The summed E-state index contributed by atoms with van der Waals surface area (Å²) in [5.74, 6) is -2.33. The largest absolute Gasteiger partial charge is 0.464 e. The SMILES string of the molecule is CC(C)COC(=O)CN(C(=O)Cc1cc(F)cc(F)c1)c1ccccc1. The summed E-state index contributed by atoms with van der Waals surface area (Å²) in [5.41, 5.74) is 0.708. The smallest absolute Gasteiger partial charge is 0.326 e. The fourth-order valence-electron chi connectivity index (χ4n) is 2.35. The molecule has 0 spiro atoms. The standard InChI is InChI=1S/C20H21F2NO3/c1-14(2)13-26-20(25)12-23(18-6-4-3-5-7-18)19(24)10-15-8-16(21)11-17(22)9-15/h3-9,11,14H,10,12-13H2,1-2H3. The normalized spacial score (nSPS) is 10.7. The average Bonchev–Trinajstić information content (AvgIpc) is 2.57. The van der Waals surface area contributed by atoms with Crippen molar-refractivity contribution in [3.05, 3.63) is 65.7 Å². The molecule has 138 valence electrons. The number of hydrogen-bond donors (Lipinski definition) is 0. The van der Waals surface area contributed by atoms with Crippen molar-refractivity contribution >= 4 is 17.6 Å². The zero-order chi connectivity index (χ0) is 19.1. The fourth-order valence-corrected chi connectivity index (χ4v) is 2.35. The molecule has 0 atom stereocenters. The number of nitrogens with zero attached hydrogens (tertiary/aromatic N) is 1. The van der Waals surface area contributed by atoms with Gasteiger partial charge in [0.15, 0.2) is 0 Å². The second-order valence-corrected chi connectivity index (χ2v) is 6.35. The van der Waals surface area contributed by atoms with Crippen LogP contribution in [0.4, 0.5) is 14.5 Å². The molecule has 0 N–H and O–H groups in total. The minimum absolute atomic E-state index is 0.176. The minimum Gasteiger partial charge on any atom is -0.464 e. The predicted octanol–water partition coefficient (Wildman–Crippen LogP) is 3.74. The highest BCUT2D eigenvalue weighted by Gasteiger charge is 2.21. The van der Waals surface area contributed by atoms with Gasteiger partial charge in [0.2, 0.25) is 5.91 Å². The van der Waals surface area contributed by atoms with Gasteiger partial charge in [0.1, 0.15) is 18.2 Å². The minimum atomic E-state index is -0.754. The monoisotopic (exact) mass is 361 g/mol. The van der Waals surface area contributed by atoms with Gasteiger partial charge >= 0.3 is 5.97 Å². The van der Waals surface area contributed by atoms with Gasteiger partial charge in [-0.1, -0.05) is 32.0 Å². The second kappa shape index (κ2) is 9.08. The van der Waals surface area contributed by atoms with Gasteiger partial charge in [-0.05, 0) is 35.7 Å². The van der Waals surface area contributed by atoms with E-state index in [1.165, 1.54) is 4.90 Å². The molecule has 26 heavy (non-hydrogen) atoms. The third-order valence-electron chi connectivity index (χ3n) is 3.51. The lowest BCUT2D eigenvalue weighted by molar-refractivity contribution is -0.143. The van der Waals surface area contributed by atoms with E-state index >= 15 is 0 Å². The van der Waals surface area contributed by atoms with Gasteiger partial charge in [0, 0.05) is 11.8 Å². The average molecular weight is 361 g/mol. The summed E-state index contributed by atoms with van der Waals surface area (Å²) in [6.45, 7) is 3.80. The highest BCUT2D eigenvalue weighted by Crippen LogP contribution is 2.16. The van der Waals surface area contributed by atoms with Crippen LogP contribution in [0.3, 0.4) is 0 Å². The maximum Gasteiger partial charge on any atom is 0.326 e. The highest BCUT2D eigenvalue weighted by atomic mass is 19.1. The Kier molecular flexibility index (Phi) is 6.83. The molecule has 0 aliphatic carbocycles. The van der Waals surface area contributed by atoms with E-state index in [0.717, 1.165) is 18.2 Å². The molecule has 0 unspecified atom stereocenters. The van der Waals surface area contributed by atoms with E-state index in [-0.39, 0.29) is 31.1 Å². The summed E-state index contributed by atoms with van der Waals surface area (Å²) < 4.78 is 31.8. The van der Waals surface area contributed by atoms with Crippen molar-refractivity contribution in [3.63, 3.8) is 0 Å². The molecule has 6 heteroatoms. The zero-order valence-electron chi connectivity index (χ0n) is 14.7. The molecule has 0 saturated carbocycles. The first-order valence-electron chi connectivity index (χ1n) is 8.31. The number of esters is 1. The van der Waals surface area contributed by atoms with Crippen molar-refractivity contribution in [2.45, 2.75) is 20.3 Å². The Labute approximate surface area is 151 Å². The summed E-state index contributed by atoms with van der Waals surface area (Å²) in [5, 5.41) is 0. The molecular formula is C20H21F2NO3. The molecule has 2 aromatic rings. The first kappa shape index (κ1) is 19.6. The Morgan fingerprint density at radius 2 is 1.65 bits per heavy atom. The van der Waals surface area contributed by atoms with Crippen molar-refractivity contribution < 1.29 is 23.1 Å². The molecular weight excluding hydrogens is 340 g/mol. The number of hydrogen-bond acceptors (Lipinski definition) is 3. The van der Waals surface area contributed by atoms with Crippen LogP contribution >= 0.6 is 0 Å². The molecule has 2 rings (SSSR count). The molecule has 0 bridgehead atoms. The first-order valence-corrected chi connectivity index (χ1v) is 8.31. The lowest BCUT2D eigenvalue weighted by Gasteiger charge is -2.22. The summed E-state index contributed by atoms with van der Waals surface area (Å²) in [7, 11) is 0. The second-order valence-electron chi connectivity index (χ2n) is 6.35. The number of benzene rings is 2. The molecule has 0 radical (unpaired) electrons. The maximum absolute atomic E-state index is 13.3. The van der Waals surface area contributed by atoms with Crippen molar-refractivity contribution in [1.82, 2.24) is 0 Å². The summed E-state index contributed by atoms with van der Waals surface area (Å²) in [4.78, 5) is 26.0. The Bertz CT molecular complexity index is 743. The van der Waals surface area contributed by atoms with Crippen molar-refractivity contribution in [2.24, 2.45) is 5.92 Å². The number of anilines is 1. The zero-order valence-corrected chi connectivity index (χ0v) is 14.7. The van der Waals surface area contributed by atoms with Crippen LogP contribution in [0.25, 0.3) is 0 Å². The maximum atomic E-state index is 13.3. The predicted molar refractivity (Wildman–Crippen MR) is 94.7 cm³/mol. The van der Waals surface area contributed by atoms with Crippen molar-refractivity contribution in [1.29, 1.82) is 0 Å². The van der Waals surface area contributed by atoms with E-state index in [0.29, 0.717) is 5.69 Å². The van der Waals surface area contributed by atoms with Crippen LogP contribution in [0.2, 0.25) is 0 Å². The number of carbonyl (C=O) groups is 2. The molecule has 0 heterocycles. The quantitative estimate of drug-likeness (QED) is 0.706. The number of carbonyl (C=O) groups excluding carboxylic acids is 2. The molecule has 1 amide bonds. The topological polar surface area (TPSA) is 46.6 Å². The Balaban J connectivity index is 2.17. The lowest BCUT2D eigenvalue weighted by atomic mass is 10.1. The van der Waals surface area contributed by atoms with E-state index in [2.05, 4.69) is 0 Å². The summed E-state index contributed by atoms with van der Waals surface area (Å²) in [6.07, 6.45) is -0.235. The molecule has 0 aromatic heterocycles. The number of ether oxygens (including phenoxy) is 1. The molecule has 0 fully saturated rings. The molecule has 4 nitrogen and oxygen atoms in total. The van der Waals surface area contributed by atoms with Gasteiger partial charge in [-0.2, -0.15) is 0 Å². The van der Waals surface area contributed by atoms with Gasteiger partial charge < -0.3 is 9.64 Å². The summed E-state index contributed by atoms with van der Waals surface area (Å²) in [6, 6.07) is 11.5. The number of amides is 1. The van der Waals surface area contributed by atoms with Gasteiger partial charge in [-0.15, -0.1) is 0 Å². The van der Waals surface area contributed by atoms with E-state index < -0.39 is 23.5 Å². The van der Waals surface area contributed by atoms with Crippen LogP contribution in [0.5, 0.6) is 0 Å². The van der Waals surface area contributed by atoms with E-state index in [1.807, 2.05) is 13.8 Å². The van der Waals surface area contributed by atoms with Gasteiger partial charge in [-0.3, -0.25) is 9.59 Å². The van der Waals surface area contributed by atoms with Gasteiger partial charge in [-0.25, -0.2) is 8.78 Å². The Morgan fingerprint density at radius 3 is 2.23 bits per heavy atom. The fraction of sp³-hybridized carbons (Fsp3) is 0.300. The van der Waals surface area contributed by atoms with E-state index in [1.54, 1.807) is 30.3 Å². The van der Waals surface area contributed by atoms with Crippen LogP contribution in [-0.4, -0.2) is 25.0 Å². The third-order valence-corrected chi connectivity index (χ3v) is 3.51. The Hall–Kier alpha value is -2.76. The van der Waals surface area contributed by atoms with Crippen LogP contribution < -0.4 is 4.90 Å².